The molecule has 0 radical (unpaired) electrons. The number of allylic oxidation sites excluding steroid dienone is 1. The summed E-state index contributed by atoms with van der Waals surface area (Å²) < 4.78 is 38.5. The number of esters is 4. The molecule has 1 aliphatic rings. The van der Waals surface area contributed by atoms with Crippen LogP contribution in [0.1, 0.15) is 33.3 Å². The SMILES string of the molecule is C=CCc1ccc(O[C@@H]2OC(COC(C)=O)[C@H](OC(C)=O)[C@H](OC(C)=O)[C@H]2OC(C)=O)c(OC)c1. The Morgan fingerprint density at radius 3 is 2.03 bits per heavy atom. The lowest BCUT2D eigenvalue weighted by molar-refractivity contribution is -0.288. The predicted molar refractivity (Wildman–Crippen MR) is 119 cm³/mol. The van der Waals surface area contributed by atoms with Crippen LogP contribution in [0.5, 0.6) is 11.5 Å². The summed E-state index contributed by atoms with van der Waals surface area (Å²) in [5.41, 5.74) is 0.908. The van der Waals surface area contributed by atoms with Crippen molar-refractivity contribution in [3.8, 4) is 11.5 Å². The first-order chi connectivity index (χ1) is 16.5. The van der Waals surface area contributed by atoms with Gasteiger partial charge in [-0.15, -0.1) is 6.58 Å². The minimum absolute atomic E-state index is 0.237. The summed E-state index contributed by atoms with van der Waals surface area (Å²) in [6.45, 7) is 7.99. The molecule has 0 amide bonds. The minimum Gasteiger partial charge on any atom is -0.493 e. The Morgan fingerprint density at radius 1 is 0.886 bits per heavy atom. The molecule has 0 bridgehead atoms. The Hall–Kier alpha value is -3.60. The quantitative estimate of drug-likeness (QED) is 0.268. The highest BCUT2D eigenvalue weighted by Crippen LogP contribution is 2.35. The van der Waals surface area contributed by atoms with Crippen LogP contribution in [0.4, 0.5) is 0 Å². The summed E-state index contributed by atoms with van der Waals surface area (Å²) in [4.78, 5) is 47.1. The van der Waals surface area contributed by atoms with E-state index >= 15 is 0 Å². The van der Waals surface area contributed by atoms with Crippen molar-refractivity contribution in [1.29, 1.82) is 0 Å². The maximum absolute atomic E-state index is 11.9. The summed E-state index contributed by atoms with van der Waals surface area (Å²) >= 11 is 0. The van der Waals surface area contributed by atoms with E-state index in [0.717, 1.165) is 26.3 Å². The number of ether oxygens (including phenoxy) is 7. The average Bonchev–Trinajstić information content (AvgIpc) is 2.76. The first-order valence-corrected chi connectivity index (χ1v) is 10.8. The fourth-order valence-corrected chi connectivity index (χ4v) is 3.51. The normalized spacial score (nSPS) is 23.4. The first kappa shape index (κ1) is 27.6. The molecule has 0 aromatic heterocycles. The van der Waals surface area contributed by atoms with E-state index in [2.05, 4.69) is 6.58 Å². The van der Waals surface area contributed by atoms with Crippen LogP contribution >= 0.6 is 0 Å². The first-order valence-electron chi connectivity index (χ1n) is 10.8. The third kappa shape index (κ3) is 7.99. The predicted octanol–water partition coefficient (Wildman–Crippen LogP) is 1.89. The van der Waals surface area contributed by atoms with Crippen molar-refractivity contribution in [2.24, 2.45) is 0 Å². The van der Waals surface area contributed by atoms with Crippen LogP contribution in [0.15, 0.2) is 30.9 Å². The summed E-state index contributed by atoms with van der Waals surface area (Å²) in [5.74, 6) is -2.19. The Labute approximate surface area is 203 Å². The molecule has 1 unspecified atom stereocenters. The van der Waals surface area contributed by atoms with Gasteiger partial charge in [0.2, 0.25) is 12.4 Å². The van der Waals surface area contributed by atoms with Gasteiger partial charge in [-0.05, 0) is 24.1 Å². The zero-order valence-electron chi connectivity index (χ0n) is 20.3. The largest absolute Gasteiger partial charge is 0.493 e. The zero-order chi connectivity index (χ0) is 26.1. The summed E-state index contributed by atoms with van der Waals surface area (Å²) in [5, 5.41) is 0. The molecule has 0 aliphatic carbocycles. The van der Waals surface area contributed by atoms with Gasteiger partial charge in [0, 0.05) is 27.7 Å². The topological polar surface area (TPSA) is 133 Å². The number of rotatable bonds is 10. The van der Waals surface area contributed by atoms with Crippen LogP contribution in [-0.2, 0) is 49.3 Å². The van der Waals surface area contributed by atoms with Crippen molar-refractivity contribution in [3.63, 3.8) is 0 Å². The van der Waals surface area contributed by atoms with E-state index in [1.165, 1.54) is 14.0 Å². The van der Waals surface area contributed by atoms with Gasteiger partial charge in [0.25, 0.3) is 0 Å². The van der Waals surface area contributed by atoms with Crippen LogP contribution in [0.2, 0.25) is 0 Å². The molecule has 35 heavy (non-hydrogen) atoms. The molecule has 0 spiro atoms. The lowest BCUT2D eigenvalue weighted by atomic mass is 9.98. The molecule has 1 fully saturated rings. The van der Waals surface area contributed by atoms with E-state index in [-0.39, 0.29) is 12.4 Å². The monoisotopic (exact) mass is 494 g/mol. The Balaban J connectivity index is 2.50. The van der Waals surface area contributed by atoms with Gasteiger partial charge in [-0.25, -0.2) is 0 Å². The van der Waals surface area contributed by atoms with Gasteiger partial charge in [-0.2, -0.15) is 0 Å². The standard InChI is InChI=1S/C24H30O11/c1-7-8-17-9-10-18(19(11-17)29-6)34-24-23(33-16(5)28)22(32-15(4)27)21(31-14(3)26)20(35-24)12-30-13(2)25/h7,9-11,20-24H,1,8,12H2,2-6H3/t20?,21-,22-,23+,24+/m0/s1. The fraction of sp³-hybridized carbons (Fsp3) is 0.500. The molecule has 192 valence electrons. The fourth-order valence-electron chi connectivity index (χ4n) is 3.51. The molecule has 0 saturated carbocycles. The second kappa shape index (κ2) is 12.7. The lowest BCUT2D eigenvalue weighted by Gasteiger charge is -2.44. The smallest absolute Gasteiger partial charge is 0.303 e. The molecular weight excluding hydrogens is 464 g/mol. The van der Waals surface area contributed by atoms with Gasteiger partial charge in [0.15, 0.2) is 23.7 Å². The van der Waals surface area contributed by atoms with Crippen molar-refractivity contribution < 1.29 is 52.3 Å². The second-order valence-electron chi connectivity index (χ2n) is 7.66. The lowest BCUT2D eigenvalue weighted by Crippen LogP contribution is -2.63. The van der Waals surface area contributed by atoms with E-state index in [1.807, 2.05) is 0 Å². The van der Waals surface area contributed by atoms with Crippen molar-refractivity contribution >= 4 is 23.9 Å². The van der Waals surface area contributed by atoms with Crippen LogP contribution < -0.4 is 9.47 Å². The van der Waals surface area contributed by atoms with Gasteiger partial charge < -0.3 is 33.2 Å². The molecule has 1 saturated heterocycles. The summed E-state index contributed by atoms with van der Waals surface area (Å²) in [6, 6.07) is 5.15. The molecule has 1 aromatic carbocycles. The Kier molecular flexibility index (Phi) is 10.1. The number of hydrogen-bond acceptors (Lipinski definition) is 11. The maximum atomic E-state index is 11.9. The average molecular weight is 494 g/mol. The highest BCUT2D eigenvalue weighted by atomic mass is 16.7. The van der Waals surface area contributed by atoms with Gasteiger partial charge in [0.05, 0.1) is 7.11 Å². The van der Waals surface area contributed by atoms with E-state index < -0.39 is 54.6 Å². The molecule has 11 nitrogen and oxygen atoms in total. The van der Waals surface area contributed by atoms with Crippen LogP contribution in [0, 0.1) is 0 Å². The van der Waals surface area contributed by atoms with Gasteiger partial charge >= 0.3 is 23.9 Å². The molecule has 1 heterocycles. The second-order valence-corrected chi connectivity index (χ2v) is 7.66. The number of hydrogen-bond donors (Lipinski definition) is 0. The number of carbonyl (C=O) groups excluding carboxylic acids is 4. The Bertz CT molecular complexity index is 941. The third-order valence-electron chi connectivity index (χ3n) is 4.80. The highest BCUT2D eigenvalue weighted by molar-refractivity contribution is 5.68. The van der Waals surface area contributed by atoms with Crippen molar-refractivity contribution in [1.82, 2.24) is 0 Å². The molecule has 11 heteroatoms. The van der Waals surface area contributed by atoms with Gasteiger partial charge in [-0.3, -0.25) is 19.2 Å². The summed E-state index contributed by atoms with van der Waals surface area (Å²) in [6.07, 6.45) is -4.08. The zero-order valence-corrected chi connectivity index (χ0v) is 20.3. The van der Waals surface area contributed by atoms with Crippen molar-refractivity contribution in [3.05, 3.63) is 36.4 Å². The van der Waals surface area contributed by atoms with Gasteiger partial charge in [-0.1, -0.05) is 12.1 Å². The van der Waals surface area contributed by atoms with Crippen molar-refractivity contribution in [2.75, 3.05) is 13.7 Å². The number of methoxy groups -OCH3 is 1. The van der Waals surface area contributed by atoms with E-state index in [4.69, 9.17) is 33.2 Å². The highest BCUT2D eigenvalue weighted by Gasteiger charge is 2.53. The third-order valence-corrected chi connectivity index (χ3v) is 4.80. The van der Waals surface area contributed by atoms with E-state index in [0.29, 0.717) is 12.2 Å². The van der Waals surface area contributed by atoms with E-state index in [1.54, 1.807) is 24.3 Å². The van der Waals surface area contributed by atoms with Crippen LogP contribution in [0.25, 0.3) is 0 Å². The molecular formula is C24H30O11. The van der Waals surface area contributed by atoms with Crippen LogP contribution in [0.3, 0.4) is 0 Å². The maximum Gasteiger partial charge on any atom is 0.303 e. The van der Waals surface area contributed by atoms with Crippen LogP contribution in [-0.4, -0.2) is 68.3 Å². The molecule has 1 aromatic rings. The molecule has 0 N–H and O–H groups in total. The van der Waals surface area contributed by atoms with E-state index in [9.17, 15) is 19.2 Å². The molecule has 2 rings (SSSR count). The number of benzene rings is 1. The number of carbonyl (C=O) groups is 4. The van der Waals surface area contributed by atoms with Gasteiger partial charge in [0.1, 0.15) is 12.7 Å². The van der Waals surface area contributed by atoms with Crippen molar-refractivity contribution in [2.45, 2.75) is 64.8 Å². The summed E-state index contributed by atoms with van der Waals surface area (Å²) in [7, 11) is 1.45. The molecule has 5 atom stereocenters. The minimum atomic E-state index is -1.35. The Morgan fingerprint density at radius 2 is 1.49 bits per heavy atom. The molecule has 1 aliphatic heterocycles.